The fourth-order valence-corrected chi connectivity index (χ4v) is 2.90. The number of hydrogen-bond donors (Lipinski definition) is 0. The number of piperidine rings is 1. The van der Waals surface area contributed by atoms with Gasteiger partial charge in [-0.2, -0.15) is 0 Å². The monoisotopic (exact) mass is 284 g/mol. The Balaban J connectivity index is 0.000000497. The number of nitrogens with zero attached hydrogens (tertiary/aromatic N) is 2. The Bertz CT molecular complexity index is 583. The Kier molecular flexibility index (Phi) is 5.60. The van der Waals surface area contributed by atoms with Crippen molar-refractivity contribution in [1.82, 2.24) is 4.98 Å². The first-order valence-corrected chi connectivity index (χ1v) is 8.28. The minimum atomic E-state index is 1.10. The molecule has 2 aromatic rings. The molecule has 0 bridgehead atoms. The predicted octanol–water partition coefficient (Wildman–Crippen LogP) is 5.26. The first-order valence-electron chi connectivity index (χ1n) is 8.28. The van der Waals surface area contributed by atoms with Crippen LogP contribution in [-0.4, -0.2) is 18.1 Å². The Morgan fingerprint density at radius 3 is 2.33 bits per heavy atom. The SMILES string of the molecule is CCC.Cc1cc(C)c2cc(N3CCCCC3)ccc2n1. The van der Waals surface area contributed by atoms with E-state index in [0.717, 1.165) is 11.2 Å². The van der Waals surface area contributed by atoms with Gasteiger partial charge < -0.3 is 4.90 Å². The minimum absolute atomic E-state index is 1.10. The lowest BCUT2D eigenvalue weighted by atomic mass is 10.1. The molecule has 1 aliphatic rings. The number of aromatic nitrogens is 1. The van der Waals surface area contributed by atoms with E-state index in [2.05, 4.69) is 61.8 Å². The van der Waals surface area contributed by atoms with Crippen LogP contribution in [0.15, 0.2) is 24.3 Å². The van der Waals surface area contributed by atoms with Crippen molar-refractivity contribution in [1.29, 1.82) is 0 Å². The van der Waals surface area contributed by atoms with Crippen LogP contribution in [0.25, 0.3) is 10.9 Å². The van der Waals surface area contributed by atoms with Crippen LogP contribution < -0.4 is 4.90 Å². The molecule has 1 aromatic carbocycles. The third kappa shape index (κ3) is 3.96. The maximum atomic E-state index is 4.60. The van der Waals surface area contributed by atoms with Gasteiger partial charge in [-0.15, -0.1) is 0 Å². The van der Waals surface area contributed by atoms with Gasteiger partial charge in [0.05, 0.1) is 5.52 Å². The molecule has 1 saturated heterocycles. The average Bonchev–Trinajstić information content (AvgIpc) is 2.48. The van der Waals surface area contributed by atoms with Crippen LogP contribution in [0.5, 0.6) is 0 Å². The summed E-state index contributed by atoms with van der Waals surface area (Å²) in [7, 11) is 0. The van der Waals surface area contributed by atoms with Crippen molar-refractivity contribution in [2.75, 3.05) is 18.0 Å². The van der Waals surface area contributed by atoms with Gasteiger partial charge in [0.15, 0.2) is 0 Å². The van der Waals surface area contributed by atoms with E-state index in [9.17, 15) is 0 Å². The lowest BCUT2D eigenvalue weighted by Crippen LogP contribution is -2.29. The fourth-order valence-electron chi connectivity index (χ4n) is 2.90. The highest BCUT2D eigenvalue weighted by Crippen LogP contribution is 2.26. The highest BCUT2D eigenvalue weighted by molar-refractivity contribution is 5.85. The normalized spacial score (nSPS) is 14.8. The Morgan fingerprint density at radius 1 is 1.00 bits per heavy atom. The van der Waals surface area contributed by atoms with Crippen LogP contribution in [0.1, 0.15) is 50.8 Å². The van der Waals surface area contributed by atoms with Gasteiger partial charge in [0.2, 0.25) is 0 Å². The lowest BCUT2D eigenvalue weighted by molar-refractivity contribution is 0.578. The van der Waals surface area contributed by atoms with Crippen LogP contribution in [0.3, 0.4) is 0 Å². The van der Waals surface area contributed by atoms with E-state index in [1.54, 1.807) is 0 Å². The zero-order valence-corrected chi connectivity index (χ0v) is 13.9. The molecule has 1 aromatic heterocycles. The summed E-state index contributed by atoms with van der Waals surface area (Å²) >= 11 is 0. The average molecular weight is 284 g/mol. The van der Waals surface area contributed by atoms with Crippen molar-refractivity contribution in [2.45, 2.75) is 53.4 Å². The van der Waals surface area contributed by atoms with Crippen LogP contribution in [0.4, 0.5) is 5.69 Å². The molecule has 21 heavy (non-hydrogen) atoms. The van der Waals surface area contributed by atoms with Crippen LogP contribution in [-0.2, 0) is 0 Å². The summed E-state index contributed by atoms with van der Waals surface area (Å²) in [4.78, 5) is 7.11. The second kappa shape index (κ2) is 7.44. The molecule has 0 amide bonds. The standard InChI is InChI=1S/C16H20N2.C3H8/c1-12-10-13(2)17-16-7-6-14(11-15(12)16)18-8-4-3-5-9-18;1-3-2/h6-7,10-11H,3-5,8-9H2,1-2H3;3H2,1-2H3. The van der Waals surface area contributed by atoms with Gasteiger partial charge in [0, 0.05) is 29.9 Å². The molecule has 114 valence electrons. The molecule has 0 unspecified atom stereocenters. The molecule has 2 heterocycles. The van der Waals surface area contributed by atoms with Gasteiger partial charge in [-0.3, -0.25) is 4.98 Å². The van der Waals surface area contributed by atoms with Crippen molar-refractivity contribution in [2.24, 2.45) is 0 Å². The van der Waals surface area contributed by atoms with E-state index in [4.69, 9.17) is 0 Å². The van der Waals surface area contributed by atoms with E-state index in [0.29, 0.717) is 0 Å². The van der Waals surface area contributed by atoms with Gasteiger partial charge in [-0.25, -0.2) is 0 Å². The zero-order valence-electron chi connectivity index (χ0n) is 13.9. The van der Waals surface area contributed by atoms with Crippen molar-refractivity contribution in [3.63, 3.8) is 0 Å². The van der Waals surface area contributed by atoms with Crippen molar-refractivity contribution in [3.05, 3.63) is 35.5 Å². The minimum Gasteiger partial charge on any atom is -0.372 e. The number of anilines is 1. The van der Waals surface area contributed by atoms with E-state index in [1.807, 2.05) is 0 Å². The van der Waals surface area contributed by atoms with Gasteiger partial charge in [-0.05, 0) is 62.9 Å². The van der Waals surface area contributed by atoms with Crippen molar-refractivity contribution in [3.8, 4) is 0 Å². The second-order valence-electron chi connectivity index (χ2n) is 6.04. The summed E-state index contributed by atoms with van der Waals surface area (Å²) in [5, 5.41) is 1.30. The quantitative estimate of drug-likeness (QED) is 0.710. The van der Waals surface area contributed by atoms with Gasteiger partial charge in [0.25, 0.3) is 0 Å². The summed E-state index contributed by atoms with van der Waals surface area (Å²) in [6.45, 7) is 10.9. The largest absolute Gasteiger partial charge is 0.372 e. The Hall–Kier alpha value is -1.57. The van der Waals surface area contributed by atoms with E-state index in [-0.39, 0.29) is 0 Å². The highest BCUT2D eigenvalue weighted by Gasteiger charge is 2.11. The number of fused-ring (bicyclic) bond motifs is 1. The molecule has 0 radical (unpaired) electrons. The maximum Gasteiger partial charge on any atom is 0.0709 e. The smallest absolute Gasteiger partial charge is 0.0709 e. The van der Waals surface area contributed by atoms with E-state index >= 15 is 0 Å². The third-order valence-corrected chi connectivity index (χ3v) is 3.85. The Morgan fingerprint density at radius 2 is 1.67 bits per heavy atom. The molecule has 1 aliphatic heterocycles. The first-order chi connectivity index (χ1) is 10.2. The van der Waals surface area contributed by atoms with Crippen molar-refractivity contribution < 1.29 is 0 Å². The molecule has 0 atom stereocenters. The highest BCUT2D eigenvalue weighted by atomic mass is 15.1. The van der Waals surface area contributed by atoms with Gasteiger partial charge in [0.1, 0.15) is 0 Å². The molecule has 0 aliphatic carbocycles. The number of aryl methyl sites for hydroxylation is 2. The summed E-state index contributed by atoms with van der Waals surface area (Å²) in [5.41, 5.74) is 4.91. The molecule has 0 saturated carbocycles. The molecular weight excluding hydrogens is 256 g/mol. The molecule has 0 spiro atoms. The summed E-state index contributed by atoms with van der Waals surface area (Å²) in [5.74, 6) is 0. The number of benzene rings is 1. The van der Waals surface area contributed by atoms with Crippen LogP contribution >= 0.6 is 0 Å². The molecule has 2 nitrogen and oxygen atoms in total. The van der Waals surface area contributed by atoms with E-state index < -0.39 is 0 Å². The fraction of sp³-hybridized carbons (Fsp3) is 0.526. The molecule has 0 N–H and O–H groups in total. The lowest BCUT2D eigenvalue weighted by Gasteiger charge is -2.29. The first kappa shape index (κ1) is 15.8. The number of hydrogen-bond acceptors (Lipinski definition) is 2. The topological polar surface area (TPSA) is 16.1 Å². The van der Waals surface area contributed by atoms with E-state index in [1.165, 1.54) is 55.4 Å². The molecule has 3 rings (SSSR count). The van der Waals surface area contributed by atoms with Crippen LogP contribution in [0, 0.1) is 13.8 Å². The van der Waals surface area contributed by atoms with Crippen LogP contribution in [0.2, 0.25) is 0 Å². The Labute approximate surface area is 129 Å². The third-order valence-electron chi connectivity index (χ3n) is 3.85. The number of pyridine rings is 1. The molecular formula is C19H28N2. The molecule has 1 fully saturated rings. The zero-order chi connectivity index (χ0) is 15.2. The van der Waals surface area contributed by atoms with Crippen molar-refractivity contribution >= 4 is 16.6 Å². The summed E-state index contributed by atoms with van der Waals surface area (Å²) in [6, 6.07) is 8.86. The molecule has 2 heteroatoms. The predicted molar refractivity (Wildman–Crippen MR) is 93.2 cm³/mol. The summed E-state index contributed by atoms with van der Waals surface area (Å²) < 4.78 is 0. The van der Waals surface area contributed by atoms with Gasteiger partial charge in [-0.1, -0.05) is 20.3 Å². The maximum absolute atomic E-state index is 4.60. The van der Waals surface area contributed by atoms with Gasteiger partial charge >= 0.3 is 0 Å². The second-order valence-corrected chi connectivity index (χ2v) is 6.04. The summed E-state index contributed by atoms with van der Waals surface area (Å²) in [6.07, 6.45) is 5.27. The number of rotatable bonds is 1.